The Morgan fingerprint density at radius 1 is 1.53 bits per heavy atom. The van der Waals surface area contributed by atoms with Gasteiger partial charge in [-0.05, 0) is 43.9 Å². The number of benzene rings is 1. The van der Waals surface area contributed by atoms with E-state index < -0.39 is 0 Å². The fourth-order valence-corrected chi connectivity index (χ4v) is 1.91. The third kappa shape index (κ3) is 3.47. The molecule has 1 rings (SSSR count). The molecule has 0 aromatic heterocycles. The first-order chi connectivity index (χ1) is 7.02. The van der Waals surface area contributed by atoms with Crippen LogP contribution in [0.3, 0.4) is 0 Å². The molecule has 0 bridgehead atoms. The Morgan fingerprint density at radius 2 is 2.20 bits per heavy atom. The summed E-state index contributed by atoms with van der Waals surface area (Å²) in [7, 11) is 0. The van der Waals surface area contributed by atoms with Crippen LogP contribution in [-0.4, -0.2) is 5.11 Å². The van der Waals surface area contributed by atoms with E-state index in [1.165, 1.54) is 0 Å². The van der Waals surface area contributed by atoms with Crippen molar-refractivity contribution in [3.8, 4) is 0 Å². The molecule has 0 aliphatic carbocycles. The summed E-state index contributed by atoms with van der Waals surface area (Å²) in [6, 6.07) is 5.92. The number of aliphatic hydroxyl groups excluding tert-OH is 1. The van der Waals surface area contributed by atoms with E-state index >= 15 is 0 Å². The summed E-state index contributed by atoms with van der Waals surface area (Å²) >= 11 is 3.47. The number of halogens is 1. The van der Waals surface area contributed by atoms with Gasteiger partial charge >= 0.3 is 0 Å². The third-order valence-electron chi connectivity index (χ3n) is 2.51. The molecule has 2 heteroatoms. The van der Waals surface area contributed by atoms with Crippen LogP contribution in [0.4, 0.5) is 0 Å². The maximum Gasteiger partial charge on any atom is 0.0796 e. The molecule has 0 spiro atoms. The van der Waals surface area contributed by atoms with Crippen LogP contribution < -0.4 is 0 Å². The topological polar surface area (TPSA) is 20.2 Å². The summed E-state index contributed by atoms with van der Waals surface area (Å²) in [6.07, 6.45) is 1.22. The van der Waals surface area contributed by atoms with E-state index in [0.29, 0.717) is 0 Å². The van der Waals surface area contributed by atoms with Gasteiger partial charge in [0.05, 0.1) is 6.10 Å². The molecule has 0 saturated carbocycles. The molecule has 0 aliphatic heterocycles. The summed E-state index contributed by atoms with van der Waals surface area (Å²) in [5.74, 6) is 0. The van der Waals surface area contributed by atoms with Crippen LogP contribution in [0.15, 0.2) is 34.8 Å². The lowest BCUT2D eigenvalue weighted by molar-refractivity contribution is 0.167. The monoisotopic (exact) mass is 268 g/mol. The molecule has 1 N–H and O–H groups in total. The van der Waals surface area contributed by atoms with Gasteiger partial charge in [0.25, 0.3) is 0 Å². The Hall–Kier alpha value is -0.600. The zero-order valence-corrected chi connectivity index (χ0v) is 10.8. The van der Waals surface area contributed by atoms with E-state index in [2.05, 4.69) is 22.5 Å². The lowest BCUT2D eigenvalue weighted by Crippen LogP contribution is -2.00. The van der Waals surface area contributed by atoms with Crippen LogP contribution in [0, 0.1) is 6.92 Å². The van der Waals surface area contributed by atoms with Crippen molar-refractivity contribution >= 4 is 15.9 Å². The Kier molecular flexibility index (Phi) is 4.55. The number of rotatable bonds is 4. The predicted octanol–water partition coefficient (Wildman–Crippen LogP) is 4.15. The largest absolute Gasteiger partial charge is 0.388 e. The smallest absolute Gasteiger partial charge is 0.0796 e. The molecule has 1 nitrogen and oxygen atoms in total. The minimum absolute atomic E-state index is 0.390. The van der Waals surface area contributed by atoms with Crippen LogP contribution in [0.25, 0.3) is 0 Å². The fraction of sp³-hybridized carbons (Fsp3) is 0.385. The van der Waals surface area contributed by atoms with Crippen LogP contribution in [0.5, 0.6) is 0 Å². The van der Waals surface area contributed by atoms with Crippen molar-refractivity contribution in [3.63, 3.8) is 0 Å². The van der Waals surface area contributed by atoms with Gasteiger partial charge in [-0.1, -0.05) is 33.6 Å². The Morgan fingerprint density at radius 3 is 2.80 bits per heavy atom. The fourth-order valence-electron chi connectivity index (χ4n) is 1.52. The average molecular weight is 269 g/mol. The van der Waals surface area contributed by atoms with Crippen molar-refractivity contribution in [2.24, 2.45) is 0 Å². The second kappa shape index (κ2) is 5.47. The van der Waals surface area contributed by atoms with Gasteiger partial charge in [0, 0.05) is 4.47 Å². The first-order valence-corrected chi connectivity index (χ1v) is 5.89. The van der Waals surface area contributed by atoms with Gasteiger partial charge in [0.2, 0.25) is 0 Å². The van der Waals surface area contributed by atoms with Gasteiger partial charge in [-0.3, -0.25) is 0 Å². The molecule has 0 saturated heterocycles. The highest BCUT2D eigenvalue weighted by atomic mass is 79.9. The molecule has 0 amide bonds. The molecule has 1 atom stereocenters. The molecule has 0 radical (unpaired) electrons. The maximum atomic E-state index is 10.0. The number of aliphatic hydroxyl groups is 1. The first kappa shape index (κ1) is 12.5. The second-order valence-electron chi connectivity index (χ2n) is 3.97. The molecule has 1 unspecified atom stereocenters. The van der Waals surface area contributed by atoms with Crippen molar-refractivity contribution < 1.29 is 5.11 Å². The highest BCUT2D eigenvalue weighted by Gasteiger charge is 2.11. The Balaban J connectivity index is 2.77. The van der Waals surface area contributed by atoms with Gasteiger partial charge in [-0.25, -0.2) is 0 Å². The Bertz CT molecular complexity index is 358. The zero-order valence-electron chi connectivity index (χ0n) is 9.26. The molecule has 15 heavy (non-hydrogen) atoms. The van der Waals surface area contributed by atoms with E-state index in [0.717, 1.165) is 34.0 Å². The lowest BCUT2D eigenvalue weighted by atomic mass is 9.99. The van der Waals surface area contributed by atoms with Crippen LogP contribution in [-0.2, 0) is 0 Å². The molecule has 82 valence electrons. The molecule has 0 aliphatic rings. The minimum Gasteiger partial charge on any atom is -0.388 e. The van der Waals surface area contributed by atoms with Crippen molar-refractivity contribution in [2.45, 2.75) is 32.8 Å². The van der Waals surface area contributed by atoms with Gasteiger partial charge in [-0.15, -0.1) is 6.58 Å². The summed E-state index contributed by atoms with van der Waals surface area (Å²) < 4.78 is 1.05. The van der Waals surface area contributed by atoms with E-state index in [9.17, 15) is 5.11 Å². The van der Waals surface area contributed by atoms with Crippen LogP contribution in [0.1, 0.15) is 37.0 Å². The molecular formula is C13H17BrO. The standard InChI is InChI=1S/C13H17BrO/c1-9(2)7-8-13(15)11-5-4-6-12(14)10(11)3/h4-6,13,15H,1,7-8H2,2-3H3. The van der Waals surface area contributed by atoms with Crippen LogP contribution in [0.2, 0.25) is 0 Å². The average Bonchev–Trinajstić information content (AvgIpc) is 2.18. The quantitative estimate of drug-likeness (QED) is 0.814. The Labute approximate surface area is 100.0 Å². The van der Waals surface area contributed by atoms with Crippen molar-refractivity contribution in [3.05, 3.63) is 46.0 Å². The van der Waals surface area contributed by atoms with Crippen LogP contribution >= 0.6 is 15.9 Å². The van der Waals surface area contributed by atoms with E-state index in [-0.39, 0.29) is 6.10 Å². The summed E-state index contributed by atoms with van der Waals surface area (Å²) in [5, 5.41) is 10.0. The lowest BCUT2D eigenvalue weighted by Gasteiger charge is -2.14. The van der Waals surface area contributed by atoms with Crippen molar-refractivity contribution in [1.82, 2.24) is 0 Å². The molecule has 0 fully saturated rings. The minimum atomic E-state index is -0.390. The van der Waals surface area contributed by atoms with Crippen molar-refractivity contribution in [1.29, 1.82) is 0 Å². The van der Waals surface area contributed by atoms with Gasteiger partial charge < -0.3 is 5.11 Å². The van der Waals surface area contributed by atoms with Gasteiger partial charge in [0.15, 0.2) is 0 Å². The molecule has 1 aromatic carbocycles. The second-order valence-corrected chi connectivity index (χ2v) is 4.82. The third-order valence-corrected chi connectivity index (χ3v) is 3.37. The highest BCUT2D eigenvalue weighted by molar-refractivity contribution is 9.10. The first-order valence-electron chi connectivity index (χ1n) is 5.10. The number of hydrogen-bond acceptors (Lipinski definition) is 1. The SMILES string of the molecule is C=C(C)CCC(O)c1cccc(Br)c1C. The van der Waals surface area contributed by atoms with E-state index in [1.807, 2.05) is 32.0 Å². The number of allylic oxidation sites excluding steroid dienone is 1. The molecule has 0 heterocycles. The highest BCUT2D eigenvalue weighted by Crippen LogP contribution is 2.27. The summed E-state index contributed by atoms with van der Waals surface area (Å²) in [5.41, 5.74) is 3.24. The predicted molar refractivity (Wildman–Crippen MR) is 67.9 cm³/mol. The van der Waals surface area contributed by atoms with E-state index in [4.69, 9.17) is 0 Å². The van der Waals surface area contributed by atoms with Crippen molar-refractivity contribution in [2.75, 3.05) is 0 Å². The normalized spacial score (nSPS) is 12.5. The zero-order chi connectivity index (χ0) is 11.4. The van der Waals surface area contributed by atoms with E-state index in [1.54, 1.807) is 0 Å². The number of hydrogen-bond donors (Lipinski definition) is 1. The molecule has 1 aromatic rings. The van der Waals surface area contributed by atoms with Gasteiger partial charge in [0.1, 0.15) is 0 Å². The van der Waals surface area contributed by atoms with Gasteiger partial charge in [-0.2, -0.15) is 0 Å². The summed E-state index contributed by atoms with van der Waals surface area (Å²) in [6.45, 7) is 7.84. The summed E-state index contributed by atoms with van der Waals surface area (Å²) in [4.78, 5) is 0. The maximum absolute atomic E-state index is 10.0. The molecular weight excluding hydrogens is 252 g/mol.